The summed E-state index contributed by atoms with van der Waals surface area (Å²) in [7, 11) is 0. The highest BCUT2D eigenvalue weighted by Crippen LogP contribution is 2.38. The van der Waals surface area contributed by atoms with E-state index in [1.54, 1.807) is 0 Å². The van der Waals surface area contributed by atoms with Crippen LogP contribution >= 0.6 is 0 Å². The van der Waals surface area contributed by atoms with Gasteiger partial charge in [-0.05, 0) is 50.4 Å². The van der Waals surface area contributed by atoms with Gasteiger partial charge in [-0.25, -0.2) is 0 Å². The standard InChI is InChI=1S/C26H28N2/c1-25(2,3)18-8-7-17-14-28-16-23(21(17)13-18)19-9-10-24(26(4,5)6)20-11-12-27-15-22(19)20/h7-16H,1-6H3. The van der Waals surface area contributed by atoms with E-state index < -0.39 is 0 Å². The highest BCUT2D eigenvalue weighted by Gasteiger charge is 2.20. The molecule has 0 saturated heterocycles. The second-order valence-electron chi connectivity index (χ2n) is 9.70. The molecule has 0 amide bonds. The molecule has 0 saturated carbocycles. The maximum absolute atomic E-state index is 4.54. The molecule has 0 unspecified atom stereocenters. The van der Waals surface area contributed by atoms with E-state index in [1.807, 2.05) is 24.8 Å². The third kappa shape index (κ3) is 3.17. The summed E-state index contributed by atoms with van der Waals surface area (Å²) in [5.74, 6) is 0. The highest BCUT2D eigenvalue weighted by atomic mass is 14.6. The van der Waals surface area contributed by atoms with Gasteiger partial charge in [0.2, 0.25) is 0 Å². The van der Waals surface area contributed by atoms with Gasteiger partial charge in [0.1, 0.15) is 0 Å². The van der Waals surface area contributed by atoms with Crippen molar-refractivity contribution in [3.05, 3.63) is 72.3 Å². The number of pyridine rings is 2. The Kier molecular flexibility index (Phi) is 4.26. The fourth-order valence-corrected chi connectivity index (χ4v) is 3.92. The van der Waals surface area contributed by atoms with E-state index in [4.69, 9.17) is 0 Å². The molecular weight excluding hydrogens is 340 g/mol. The van der Waals surface area contributed by atoms with Gasteiger partial charge >= 0.3 is 0 Å². The van der Waals surface area contributed by atoms with Crippen molar-refractivity contribution < 1.29 is 0 Å². The molecule has 142 valence electrons. The summed E-state index contributed by atoms with van der Waals surface area (Å²) in [4.78, 5) is 8.98. The van der Waals surface area contributed by atoms with Crippen LogP contribution in [0.4, 0.5) is 0 Å². The van der Waals surface area contributed by atoms with Crippen LogP contribution in [0, 0.1) is 0 Å². The van der Waals surface area contributed by atoms with Gasteiger partial charge in [0, 0.05) is 41.1 Å². The molecule has 0 bridgehead atoms. The molecule has 0 spiro atoms. The van der Waals surface area contributed by atoms with Crippen LogP contribution in [0.3, 0.4) is 0 Å². The summed E-state index contributed by atoms with van der Waals surface area (Å²) in [6.07, 6.45) is 7.83. The third-order valence-electron chi connectivity index (χ3n) is 5.54. The fourth-order valence-electron chi connectivity index (χ4n) is 3.92. The van der Waals surface area contributed by atoms with Crippen molar-refractivity contribution in [3.63, 3.8) is 0 Å². The fraction of sp³-hybridized carbons (Fsp3) is 0.308. The lowest BCUT2D eigenvalue weighted by Gasteiger charge is -2.23. The SMILES string of the molecule is CC(C)(C)c1ccc2cncc(-c3ccc(C(C)(C)C)c4ccncc34)c2c1. The van der Waals surface area contributed by atoms with Crippen molar-refractivity contribution in [1.82, 2.24) is 9.97 Å². The molecule has 2 aromatic heterocycles. The Labute approximate surface area is 167 Å². The molecule has 0 aliphatic carbocycles. The number of hydrogen-bond acceptors (Lipinski definition) is 2. The van der Waals surface area contributed by atoms with Crippen molar-refractivity contribution in [2.75, 3.05) is 0 Å². The Balaban J connectivity index is 2.05. The average molecular weight is 369 g/mol. The average Bonchev–Trinajstić information content (AvgIpc) is 2.64. The van der Waals surface area contributed by atoms with E-state index in [2.05, 4.69) is 87.9 Å². The van der Waals surface area contributed by atoms with Crippen LogP contribution in [0.25, 0.3) is 32.7 Å². The minimum atomic E-state index is 0.0779. The van der Waals surface area contributed by atoms with Gasteiger partial charge in [0.05, 0.1) is 0 Å². The normalized spacial score (nSPS) is 12.6. The predicted molar refractivity (Wildman–Crippen MR) is 120 cm³/mol. The summed E-state index contributed by atoms with van der Waals surface area (Å²) in [5, 5.41) is 4.87. The molecule has 0 fully saturated rings. The Morgan fingerprint density at radius 2 is 1.39 bits per heavy atom. The highest BCUT2D eigenvalue weighted by molar-refractivity contribution is 6.05. The first-order chi connectivity index (χ1) is 13.2. The molecule has 0 aliphatic heterocycles. The maximum atomic E-state index is 4.54. The summed E-state index contributed by atoms with van der Waals surface area (Å²) < 4.78 is 0. The van der Waals surface area contributed by atoms with Gasteiger partial charge in [-0.2, -0.15) is 0 Å². The smallest absolute Gasteiger partial charge is 0.0353 e. The first-order valence-corrected chi connectivity index (χ1v) is 9.92. The van der Waals surface area contributed by atoms with Crippen molar-refractivity contribution in [3.8, 4) is 11.1 Å². The monoisotopic (exact) mass is 368 g/mol. The topological polar surface area (TPSA) is 25.8 Å². The maximum Gasteiger partial charge on any atom is 0.0353 e. The van der Waals surface area contributed by atoms with Crippen LogP contribution in [0.5, 0.6) is 0 Å². The van der Waals surface area contributed by atoms with Crippen LogP contribution < -0.4 is 0 Å². The second kappa shape index (κ2) is 6.41. The minimum Gasteiger partial charge on any atom is -0.264 e. The first-order valence-electron chi connectivity index (χ1n) is 9.92. The zero-order valence-electron chi connectivity index (χ0n) is 17.7. The Morgan fingerprint density at radius 3 is 2.11 bits per heavy atom. The lowest BCUT2D eigenvalue weighted by Crippen LogP contribution is -2.12. The third-order valence-corrected chi connectivity index (χ3v) is 5.54. The number of nitrogens with zero attached hydrogens (tertiary/aromatic N) is 2. The number of hydrogen-bond donors (Lipinski definition) is 0. The Bertz CT molecular complexity index is 1170. The van der Waals surface area contributed by atoms with Crippen LogP contribution in [0.2, 0.25) is 0 Å². The van der Waals surface area contributed by atoms with Crippen molar-refractivity contribution >= 4 is 21.5 Å². The van der Waals surface area contributed by atoms with Gasteiger partial charge in [-0.3, -0.25) is 9.97 Å². The first kappa shape index (κ1) is 18.6. The van der Waals surface area contributed by atoms with Crippen molar-refractivity contribution in [2.45, 2.75) is 52.4 Å². The largest absolute Gasteiger partial charge is 0.264 e. The van der Waals surface area contributed by atoms with Crippen LogP contribution in [0.1, 0.15) is 52.7 Å². The zero-order chi connectivity index (χ0) is 20.1. The zero-order valence-corrected chi connectivity index (χ0v) is 17.7. The lowest BCUT2D eigenvalue weighted by atomic mass is 9.81. The van der Waals surface area contributed by atoms with E-state index in [0.717, 1.165) is 0 Å². The molecular formula is C26H28N2. The molecule has 0 atom stereocenters. The van der Waals surface area contributed by atoms with E-state index >= 15 is 0 Å². The van der Waals surface area contributed by atoms with E-state index in [1.165, 1.54) is 43.8 Å². The summed E-state index contributed by atoms with van der Waals surface area (Å²) in [5.41, 5.74) is 5.23. The molecule has 0 aliphatic rings. The summed E-state index contributed by atoms with van der Waals surface area (Å²) >= 11 is 0. The molecule has 28 heavy (non-hydrogen) atoms. The predicted octanol–water partition coefficient (Wildman–Crippen LogP) is 7.05. The Morgan fingerprint density at radius 1 is 0.607 bits per heavy atom. The van der Waals surface area contributed by atoms with E-state index in [-0.39, 0.29) is 10.8 Å². The van der Waals surface area contributed by atoms with Gasteiger partial charge in [-0.15, -0.1) is 0 Å². The minimum absolute atomic E-state index is 0.0779. The number of rotatable bonds is 1. The quantitative estimate of drug-likeness (QED) is 0.360. The molecule has 4 aromatic rings. The van der Waals surface area contributed by atoms with Gasteiger partial charge in [0.25, 0.3) is 0 Å². The van der Waals surface area contributed by atoms with Crippen LogP contribution in [-0.4, -0.2) is 9.97 Å². The molecule has 2 heteroatoms. The van der Waals surface area contributed by atoms with Gasteiger partial charge < -0.3 is 0 Å². The van der Waals surface area contributed by atoms with Gasteiger partial charge in [0.15, 0.2) is 0 Å². The number of benzene rings is 2. The number of fused-ring (bicyclic) bond motifs is 2. The molecule has 2 aromatic carbocycles. The lowest BCUT2D eigenvalue weighted by molar-refractivity contribution is 0.591. The summed E-state index contributed by atoms with van der Waals surface area (Å²) in [6.45, 7) is 13.6. The van der Waals surface area contributed by atoms with Crippen molar-refractivity contribution in [2.24, 2.45) is 0 Å². The van der Waals surface area contributed by atoms with Crippen molar-refractivity contribution in [1.29, 1.82) is 0 Å². The summed E-state index contributed by atoms with van der Waals surface area (Å²) in [6, 6.07) is 13.4. The molecule has 0 radical (unpaired) electrons. The van der Waals surface area contributed by atoms with E-state index in [0.29, 0.717) is 0 Å². The van der Waals surface area contributed by atoms with Gasteiger partial charge in [-0.1, -0.05) is 65.8 Å². The van der Waals surface area contributed by atoms with Crippen LogP contribution in [0.15, 0.2) is 61.2 Å². The Hall–Kier alpha value is -2.74. The van der Waals surface area contributed by atoms with E-state index in [9.17, 15) is 0 Å². The number of aromatic nitrogens is 2. The molecule has 2 heterocycles. The van der Waals surface area contributed by atoms with Crippen LogP contribution in [-0.2, 0) is 10.8 Å². The molecule has 4 rings (SSSR count). The molecule has 0 N–H and O–H groups in total. The second-order valence-corrected chi connectivity index (χ2v) is 9.70. The molecule has 2 nitrogen and oxygen atoms in total.